The van der Waals surface area contributed by atoms with Crippen LogP contribution < -0.4 is 15.4 Å². The predicted molar refractivity (Wildman–Crippen MR) is 98.6 cm³/mol. The van der Waals surface area contributed by atoms with E-state index in [0.717, 1.165) is 18.4 Å². The molecule has 1 fully saturated rings. The summed E-state index contributed by atoms with van der Waals surface area (Å²) in [6, 6.07) is 11.1. The van der Waals surface area contributed by atoms with Gasteiger partial charge in [-0.25, -0.2) is 0 Å². The van der Waals surface area contributed by atoms with E-state index in [0.29, 0.717) is 37.4 Å². The average molecular weight is 353 g/mol. The van der Waals surface area contributed by atoms with Crippen molar-refractivity contribution in [2.24, 2.45) is 5.92 Å². The van der Waals surface area contributed by atoms with Crippen molar-refractivity contribution in [1.29, 1.82) is 0 Å². The lowest BCUT2D eigenvalue weighted by Gasteiger charge is -2.09. The Labute approximate surface area is 153 Å². The molecule has 0 unspecified atom stereocenters. The first kappa shape index (κ1) is 17.9. The number of amides is 2. The molecule has 3 rings (SSSR count). The van der Waals surface area contributed by atoms with Crippen LogP contribution >= 0.6 is 0 Å². The van der Waals surface area contributed by atoms with Gasteiger partial charge in [0.2, 0.25) is 11.8 Å². The molecule has 1 heterocycles. The molecule has 26 heavy (non-hydrogen) atoms. The van der Waals surface area contributed by atoms with E-state index in [2.05, 4.69) is 15.6 Å². The van der Waals surface area contributed by atoms with E-state index in [1.54, 1.807) is 18.5 Å². The fraction of sp³-hybridized carbons (Fsp3) is 0.350. The highest BCUT2D eigenvalue weighted by Crippen LogP contribution is 2.28. The number of ether oxygens (including phenoxy) is 1. The number of carbonyl (C=O) groups excluding carboxylic acids is 2. The number of nitrogens with one attached hydrogen (secondary N) is 2. The summed E-state index contributed by atoms with van der Waals surface area (Å²) in [5.74, 6) is 0.931. The number of aromatic nitrogens is 1. The minimum atomic E-state index is -0.0740. The molecule has 6 nitrogen and oxygen atoms in total. The van der Waals surface area contributed by atoms with Gasteiger partial charge in [0.1, 0.15) is 12.4 Å². The summed E-state index contributed by atoms with van der Waals surface area (Å²) in [5, 5.41) is 5.72. The largest absolute Gasteiger partial charge is 0.489 e. The topological polar surface area (TPSA) is 80.3 Å². The van der Waals surface area contributed by atoms with E-state index in [-0.39, 0.29) is 17.7 Å². The average Bonchev–Trinajstić information content (AvgIpc) is 3.50. The van der Waals surface area contributed by atoms with Gasteiger partial charge >= 0.3 is 0 Å². The molecule has 136 valence electrons. The lowest BCUT2D eigenvalue weighted by atomic mass is 10.2. The lowest BCUT2D eigenvalue weighted by molar-refractivity contribution is -0.122. The van der Waals surface area contributed by atoms with Crippen molar-refractivity contribution in [3.63, 3.8) is 0 Å². The molecule has 1 saturated carbocycles. The van der Waals surface area contributed by atoms with Crippen molar-refractivity contribution in [2.75, 3.05) is 11.9 Å². The molecule has 2 amide bonds. The van der Waals surface area contributed by atoms with Gasteiger partial charge in [-0.05, 0) is 37.5 Å². The quantitative estimate of drug-likeness (QED) is 0.679. The van der Waals surface area contributed by atoms with Gasteiger partial charge in [0, 0.05) is 48.6 Å². The van der Waals surface area contributed by atoms with Crippen molar-refractivity contribution in [3.05, 3.63) is 54.4 Å². The highest BCUT2D eigenvalue weighted by molar-refractivity contribution is 5.90. The summed E-state index contributed by atoms with van der Waals surface area (Å²) in [7, 11) is 0. The van der Waals surface area contributed by atoms with Crippen molar-refractivity contribution in [3.8, 4) is 5.75 Å². The fourth-order valence-electron chi connectivity index (χ4n) is 2.49. The highest BCUT2D eigenvalue weighted by Gasteiger charge is 2.28. The van der Waals surface area contributed by atoms with Crippen LogP contribution in [0.15, 0.2) is 48.8 Å². The second kappa shape index (κ2) is 8.99. The van der Waals surface area contributed by atoms with E-state index in [9.17, 15) is 9.59 Å². The standard InChI is InChI=1S/C20H23N3O3/c24-19(7-3-11-22-20(25)16-8-9-16)23-17-5-1-6-18(12-17)26-14-15-4-2-10-21-13-15/h1-2,4-6,10,12-13,16H,3,7-9,11,14H2,(H,22,25)(H,23,24). The zero-order chi connectivity index (χ0) is 18.2. The number of rotatable bonds is 9. The number of anilines is 1. The van der Waals surface area contributed by atoms with Crippen LogP contribution in [-0.4, -0.2) is 23.3 Å². The van der Waals surface area contributed by atoms with E-state index in [1.807, 2.05) is 30.3 Å². The molecule has 0 saturated heterocycles. The second-order valence-electron chi connectivity index (χ2n) is 6.39. The normalized spacial score (nSPS) is 13.1. The number of carbonyl (C=O) groups is 2. The number of hydrogen-bond acceptors (Lipinski definition) is 4. The van der Waals surface area contributed by atoms with Gasteiger partial charge in [0.05, 0.1) is 0 Å². The smallest absolute Gasteiger partial charge is 0.224 e. The molecule has 1 aromatic heterocycles. The number of benzene rings is 1. The lowest BCUT2D eigenvalue weighted by Crippen LogP contribution is -2.26. The second-order valence-corrected chi connectivity index (χ2v) is 6.39. The molecule has 2 aromatic rings. The first-order valence-corrected chi connectivity index (χ1v) is 8.90. The molecule has 1 aromatic carbocycles. The first-order valence-electron chi connectivity index (χ1n) is 8.90. The van der Waals surface area contributed by atoms with Crippen LogP contribution in [0.5, 0.6) is 5.75 Å². The SMILES string of the molecule is O=C(CCCNC(=O)C1CC1)Nc1cccc(OCc2cccnc2)c1. The molecule has 1 aliphatic rings. The van der Waals surface area contributed by atoms with E-state index in [4.69, 9.17) is 4.74 Å². The van der Waals surface area contributed by atoms with Crippen LogP contribution in [0.3, 0.4) is 0 Å². The summed E-state index contributed by atoms with van der Waals surface area (Å²) in [6.07, 6.45) is 6.45. The van der Waals surface area contributed by atoms with Crippen molar-refractivity contribution in [1.82, 2.24) is 10.3 Å². The van der Waals surface area contributed by atoms with Crippen molar-refractivity contribution >= 4 is 17.5 Å². The van der Waals surface area contributed by atoms with Gasteiger partial charge in [0.15, 0.2) is 0 Å². The minimum absolute atomic E-state index is 0.0740. The molecule has 1 aliphatic carbocycles. The Morgan fingerprint density at radius 2 is 2.08 bits per heavy atom. The van der Waals surface area contributed by atoms with Crippen molar-refractivity contribution in [2.45, 2.75) is 32.3 Å². The van der Waals surface area contributed by atoms with Crippen LogP contribution in [0.2, 0.25) is 0 Å². The van der Waals surface area contributed by atoms with E-state index < -0.39 is 0 Å². The minimum Gasteiger partial charge on any atom is -0.489 e. The Balaban J connectivity index is 1.39. The van der Waals surface area contributed by atoms with Gasteiger partial charge in [0.25, 0.3) is 0 Å². The Morgan fingerprint density at radius 3 is 2.85 bits per heavy atom. The van der Waals surface area contributed by atoms with Gasteiger partial charge in [-0.15, -0.1) is 0 Å². The summed E-state index contributed by atoms with van der Waals surface area (Å²) in [6.45, 7) is 0.961. The molecule has 6 heteroatoms. The Hall–Kier alpha value is -2.89. The zero-order valence-corrected chi connectivity index (χ0v) is 14.6. The maximum atomic E-state index is 12.0. The fourth-order valence-corrected chi connectivity index (χ4v) is 2.49. The molecular formula is C20H23N3O3. The van der Waals surface area contributed by atoms with Crippen LogP contribution in [0.1, 0.15) is 31.2 Å². The Bertz CT molecular complexity index is 745. The van der Waals surface area contributed by atoms with Crippen LogP contribution in [0.4, 0.5) is 5.69 Å². The van der Waals surface area contributed by atoms with Gasteiger partial charge in [-0.2, -0.15) is 0 Å². The van der Waals surface area contributed by atoms with Gasteiger partial charge in [-0.3, -0.25) is 14.6 Å². The monoisotopic (exact) mass is 353 g/mol. The third kappa shape index (κ3) is 5.88. The summed E-state index contributed by atoms with van der Waals surface area (Å²) in [5.41, 5.74) is 1.68. The van der Waals surface area contributed by atoms with Gasteiger partial charge in [-0.1, -0.05) is 12.1 Å². The number of hydrogen-bond donors (Lipinski definition) is 2. The van der Waals surface area contributed by atoms with Gasteiger partial charge < -0.3 is 15.4 Å². The first-order chi connectivity index (χ1) is 12.7. The molecule has 2 N–H and O–H groups in total. The third-order valence-electron chi connectivity index (χ3n) is 4.07. The summed E-state index contributed by atoms with van der Waals surface area (Å²) >= 11 is 0. The molecule has 0 atom stereocenters. The zero-order valence-electron chi connectivity index (χ0n) is 14.6. The molecular weight excluding hydrogens is 330 g/mol. The van der Waals surface area contributed by atoms with E-state index in [1.165, 1.54) is 0 Å². The van der Waals surface area contributed by atoms with Crippen molar-refractivity contribution < 1.29 is 14.3 Å². The maximum Gasteiger partial charge on any atom is 0.224 e. The maximum absolute atomic E-state index is 12.0. The number of nitrogens with zero attached hydrogens (tertiary/aromatic N) is 1. The van der Waals surface area contributed by atoms with Crippen LogP contribution in [0, 0.1) is 5.92 Å². The summed E-state index contributed by atoms with van der Waals surface area (Å²) in [4.78, 5) is 27.6. The van der Waals surface area contributed by atoms with Crippen LogP contribution in [-0.2, 0) is 16.2 Å². The molecule has 0 spiro atoms. The molecule has 0 bridgehead atoms. The summed E-state index contributed by atoms with van der Waals surface area (Å²) < 4.78 is 5.73. The Kier molecular flexibility index (Phi) is 6.19. The third-order valence-corrected chi connectivity index (χ3v) is 4.07. The van der Waals surface area contributed by atoms with E-state index >= 15 is 0 Å². The molecule has 0 radical (unpaired) electrons. The van der Waals surface area contributed by atoms with Crippen LogP contribution in [0.25, 0.3) is 0 Å². The Morgan fingerprint density at radius 1 is 1.19 bits per heavy atom. The number of pyridine rings is 1. The highest BCUT2D eigenvalue weighted by atomic mass is 16.5. The molecule has 0 aliphatic heterocycles. The predicted octanol–water partition coefficient (Wildman–Crippen LogP) is 2.91.